The molecule has 4 rings (SSSR count). The standard InChI is InChI=1S/C20H23N5O2/c1-14(2)21-20(26)24-10-11-27-17(13-24)19-22-18-9-8-16(12-25(18)23-19)15-6-4-3-5-7-15/h3-9,12,14,17H,10-11,13H2,1-2H3,(H,21,26). The van der Waals surface area contributed by atoms with Crippen LogP contribution in [0, 0.1) is 0 Å². The Hall–Kier alpha value is -2.93. The number of carbonyl (C=O) groups is 1. The molecule has 1 N–H and O–H groups in total. The van der Waals surface area contributed by atoms with E-state index in [-0.39, 0.29) is 18.2 Å². The Kier molecular flexibility index (Phi) is 4.77. The highest BCUT2D eigenvalue weighted by molar-refractivity contribution is 5.74. The molecule has 1 aromatic carbocycles. The highest BCUT2D eigenvalue weighted by Gasteiger charge is 2.28. The van der Waals surface area contributed by atoms with E-state index in [4.69, 9.17) is 4.74 Å². The minimum atomic E-state index is -0.322. The van der Waals surface area contributed by atoms with Crippen molar-refractivity contribution in [2.75, 3.05) is 19.7 Å². The molecule has 0 aliphatic carbocycles. The van der Waals surface area contributed by atoms with Crippen molar-refractivity contribution in [3.63, 3.8) is 0 Å². The van der Waals surface area contributed by atoms with Gasteiger partial charge in [0.05, 0.1) is 13.2 Å². The number of hydrogen-bond donors (Lipinski definition) is 1. The normalized spacial score (nSPS) is 17.4. The lowest BCUT2D eigenvalue weighted by atomic mass is 10.1. The van der Waals surface area contributed by atoms with Crippen LogP contribution in [0.4, 0.5) is 4.79 Å². The number of nitrogens with zero attached hydrogens (tertiary/aromatic N) is 4. The first-order valence-corrected chi connectivity index (χ1v) is 9.19. The largest absolute Gasteiger partial charge is 0.366 e. The Bertz CT molecular complexity index is 938. The second-order valence-corrected chi connectivity index (χ2v) is 6.97. The minimum Gasteiger partial charge on any atom is -0.366 e. The van der Waals surface area contributed by atoms with Gasteiger partial charge in [0.25, 0.3) is 0 Å². The molecule has 2 aromatic heterocycles. The smallest absolute Gasteiger partial charge is 0.317 e. The fourth-order valence-corrected chi connectivity index (χ4v) is 3.17. The predicted octanol–water partition coefficient (Wildman–Crippen LogP) is 2.89. The Morgan fingerprint density at radius 1 is 1.19 bits per heavy atom. The molecular weight excluding hydrogens is 342 g/mol. The highest BCUT2D eigenvalue weighted by atomic mass is 16.5. The maximum absolute atomic E-state index is 12.3. The van der Waals surface area contributed by atoms with Crippen LogP contribution in [-0.2, 0) is 4.74 Å². The average Bonchev–Trinajstić information content (AvgIpc) is 3.11. The van der Waals surface area contributed by atoms with Crippen molar-refractivity contribution in [2.24, 2.45) is 0 Å². The van der Waals surface area contributed by atoms with Gasteiger partial charge in [-0.25, -0.2) is 14.3 Å². The molecule has 0 bridgehead atoms. The van der Waals surface area contributed by atoms with E-state index in [9.17, 15) is 4.79 Å². The zero-order valence-electron chi connectivity index (χ0n) is 15.5. The second kappa shape index (κ2) is 7.36. The average molecular weight is 365 g/mol. The summed E-state index contributed by atoms with van der Waals surface area (Å²) in [6, 6.07) is 14.2. The summed E-state index contributed by atoms with van der Waals surface area (Å²) in [5.41, 5.74) is 2.96. The Labute approximate surface area is 158 Å². The maximum Gasteiger partial charge on any atom is 0.317 e. The number of rotatable bonds is 3. The quantitative estimate of drug-likeness (QED) is 0.775. The van der Waals surface area contributed by atoms with E-state index in [2.05, 4.69) is 27.5 Å². The molecule has 3 heterocycles. The summed E-state index contributed by atoms with van der Waals surface area (Å²) in [6.07, 6.45) is 1.64. The van der Waals surface area contributed by atoms with Crippen molar-refractivity contribution in [3.8, 4) is 11.1 Å². The van der Waals surface area contributed by atoms with Gasteiger partial charge in [-0.1, -0.05) is 30.3 Å². The van der Waals surface area contributed by atoms with Gasteiger partial charge in [-0.3, -0.25) is 0 Å². The summed E-state index contributed by atoms with van der Waals surface area (Å²) in [4.78, 5) is 18.6. The van der Waals surface area contributed by atoms with Crippen molar-refractivity contribution in [1.29, 1.82) is 0 Å². The van der Waals surface area contributed by atoms with Gasteiger partial charge < -0.3 is 15.0 Å². The lowest BCUT2D eigenvalue weighted by Crippen LogP contribution is -2.49. The first-order chi connectivity index (χ1) is 13.1. The number of aromatic nitrogens is 3. The molecule has 27 heavy (non-hydrogen) atoms. The summed E-state index contributed by atoms with van der Waals surface area (Å²) in [5, 5.41) is 7.52. The first-order valence-electron chi connectivity index (χ1n) is 9.19. The van der Waals surface area contributed by atoms with Gasteiger partial charge in [0.2, 0.25) is 0 Å². The number of nitrogens with one attached hydrogen (secondary N) is 1. The number of benzene rings is 1. The number of hydrogen-bond acceptors (Lipinski definition) is 4. The molecule has 3 aromatic rings. The van der Waals surface area contributed by atoms with Crippen LogP contribution in [0.3, 0.4) is 0 Å². The molecule has 1 aliphatic rings. The van der Waals surface area contributed by atoms with Gasteiger partial charge >= 0.3 is 6.03 Å². The van der Waals surface area contributed by atoms with Crippen molar-refractivity contribution in [3.05, 3.63) is 54.5 Å². The molecule has 140 valence electrons. The lowest BCUT2D eigenvalue weighted by molar-refractivity contribution is -0.0200. The second-order valence-electron chi connectivity index (χ2n) is 6.97. The van der Waals surface area contributed by atoms with E-state index < -0.39 is 0 Å². The molecule has 0 spiro atoms. The van der Waals surface area contributed by atoms with Crippen molar-refractivity contribution < 1.29 is 9.53 Å². The van der Waals surface area contributed by atoms with Crippen LogP contribution in [0.5, 0.6) is 0 Å². The molecule has 1 saturated heterocycles. The van der Waals surface area contributed by atoms with Crippen LogP contribution in [-0.4, -0.2) is 51.3 Å². The summed E-state index contributed by atoms with van der Waals surface area (Å²) in [6.45, 7) is 5.39. The summed E-state index contributed by atoms with van der Waals surface area (Å²) >= 11 is 0. The van der Waals surface area contributed by atoms with E-state index in [1.54, 1.807) is 9.42 Å². The van der Waals surface area contributed by atoms with E-state index >= 15 is 0 Å². The fraction of sp³-hybridized carbons (Fsp3) is 0.350. The summed E-state index contributed by atoms with van der Waals surface area (Å²) in [7, 11) is 0. The molecule has 1 atom stereocenters. The first kappa shape index (κ1) is 17.5. The highest BCUT2D eigenvalue weighted by Crippen LogP contribution is 2.23. The zero-order chi connectivity index (χ0) is 18.8. The van der Waals surface area contributed by atoms with Crippen LogP contribution < -0.4 is 5.32 Å². The van der Waals surface area contributed by atoms with Crippen LogP contribution in [0.15, 0.2) is 48.7 Å². The number of pyridine rings is 1. The summed E-state index contributed by atoms with van der Waals surface area (Å²) < 4.78 is 7.61. The van der Waals surface area contributed by atoms with Gasteiger partial charge in [0, 0.05) is 24.3 Å². The number of morpholine rings is 1. The Morgan fingerprint density at radius 2 is 2.00 bits per heavy atom. The van der Waals surface area contributed by atoms with Gasteiger partial charge in [-0.05, 0) is 31.5 Å². The molecule has 0 radical (unpaired) electrons. The Morgan fingerprint density at radius 3 is 2.78 bits per heavy atom. The van der Waals surface area contributed by atoms with Crippen LogP contribution in [0.1, 0.15) is 25.8 Å². The maximum atomic E-state index is 12.3. The number of urea groups is 1. The molecule has 1 aliphatic heterocycles. The fourth-order valence-electron chi connectivity index (χ4n) is 3.17. The molecule has 7 heteroatoms. The lowest BCUT2D eigenvalue weighted by Gasteiger charge is -2.32. The van der Waals surface area contributed by atoms with Crippen LogP contribution in [0.25, 0.3) is 16.8 Å². The number of carbonyl (C=O) groups excluding carboxylic acids is 1. The third-order valence-corrected chi connectivity index (χ3v) is 4.51. The predicted molar refractivity (Wildman–Crippen MR) is 102 cm³/mol. The third-order valence-electron chi connectivity index (χ3n) is 4.51. The van der Waals surface area contributed by atoms with E-state index in [0.717, 1.165) is 16.8 Å². The topological polar surface area (TPSA) is 71.8 Å². The third kappa shape index (κ3) is 3.78. The van der Waals surface area contributed by atoms with Crippen LogP contribution >= 0.6 is 0 Å². The number of amides is 2. The minimum absolute atomic E-state index is 0.0755. The molecule has 1 unspecified atom stereocenters. The monoisotopic (exact) mass is 365 g/mol. The van der Waals surface area contributed by atoms with E-state index in [1.807, 2.05) is 50.4 Å². The van der Waals surface area contributed by atoms with E-state index in [1.165, 1.54) is 0 Å². The molecule has 1 fully saturated rings. The van der Waals surface area contributed by atoms with Gasteiger partial charge in [0.15, 0.2) is 11.5 Å². The molecule has 7 nitrogen and oxygen atoms in total. The van der Waals surface area contributed by atoms with Gasteiger partial charge in [-0.15, -0.1) is 5.10 Å². The van der Waals surface area contributed by atoms with Crippen LogP contribution in [0.2, 0.25) is 0 Å². The molecular formula is C20H23N5O2. The van der Waals surface area contributed by atoms with Gasteiger partial charge in [0.1, 0.15) is 6.10 Å². The zero-order valence-corrected chi connectivity index (χ0v) is 15.5. The number of ether oxygens (including phenoxy) is 1. The SMILES string of the molecule is CC(C)NC(=O)N1CCOC(c2nc3ccc(-c4ccccc4)cn3n2)C1. The van der Waals surface area contributed by atoms with Crippen molar-refractivity contribution in [1.82, 2.24) is 24.8 Å². The molecule has 0 saturated carbocycles. The van der Waals surface area contributed by atoms with Crippen molar-refractivity contribution >= 4 is 11.7 Å². The molecule has 2 amide bonds. The number of fused-ring (bicyclic) bond motifs is 1. The van der Waals surface area contributed by atoms with Crippen molar-refractivity contribution in [2.45, 2.75) is 26.0 Å². The van der Waals surface area contributed by atoms with Gasteiger partial charge in [-0.2, -0.15) is 0 Å². The summed E-state index contributed by atoms with van der Waals surface area (Å²) in [5.74, 6) is 0.599. The Balaban J connectivity index is 1.56. The van der Waals surface area contributed by atoms with E-state index in [0.29, 0.717) is 25.5 Å².